The molecule has 3 nitrogen and oxygen atoms in total. The molecule has 0 atom stereocenters. The summed E-state index contributed by atoms with van der Waals surface area (Å²) in [4.78, 5) is 13.5. The Bertz CT molecular complexity index is 500. The number of carbonyl (C=O) groups excluding carboxylic acids is 1. The van der Waals surface area contributed by atoms with Crippen LogP contribution in [0.25, 0.3) is 0 Å². The minimum atomic E-state index is -4.34. The van der Waals surface area contributed by atoms with Crippen molar-refractivity contribution in [2.75, 3.05) is 13.1 Å². The average Bonchev–Trinajstić information content (AvgIpc) is 3.18. The molecule has 1 aliphatic carbocycles. The maximum atomic E-state index is 13.1. The Balaban J connectivity index is 1.91. The molecule has 1 amide bonds. The van der Waals surface area contributed by atoms with E-state index in [0.717, 1.165) is 12.8 Å². The van der Waals surface area contributed by atoms with E-state index in [1.165, 1.54) is 17.0 Å². The van der Waals surface area contributed by atoms with Crippen LogP contribution in [0.1, 0.15) is 18.4 Å². The number of benzene rings is 1. The molecular formula is C14H16F4N2O. The van der Waals surface area contributed by atoms with Crippen molar-refractivity contribution in [1.82, 2.24) is 10.2 Å². The van der Waals surface area contributed by atoms with E-state index in [0.29, 0.717) is 5.56 Å². The predicted octanol–water partition coefficient (Wildman–Crippen LogP) is 2.47. The molecule has 1 N–H and O–H groups in total. The third-order valence-electron chi connectivity index (χ3n) is 3.15. The molecule has 1 fully saturated rings. The summed E-state index contributed by atoms with van der Waals surface area (Å²) in [6.07, 6.45) is -2.67. The van der Waals surface area contributed by atoms with Gasteiger partial charge in [0.15, 0.2) is 0 Å². The number of alkyl halides is 3. The number of hydrogen-bond acceptors (Lipinski definition) is 2. The van der Waals surface area contributed by atoms with Crippen LogP contribution in [-0.2, 0) is 11.3 Å². The second-order valence-corrected chi connectivity index (χ2v) is 5.10. The lowest BCUT2D eigenvalue weighted by Crippen LogP contribution is -2.41. The van der Waals surface area contributed by atoms with Gasteiger partial charge in [-0.1, -0.05) is 12.1 Å². The molecule has 7 heteroatoms. The second kappa shape index (κ2) is 6.43. The zero-order valence-corrected chi connectivity index (χ0v) is 11.3. The van der Waals surface area contributed by atoms with Crippen molar-refractivity contribution in [3.05, 3.63) is 35.6 Å². The SMILES string of the molecule is O=C(CNCC(F)(F)F)N(Cc1cccc(F)c1)C1CC1. The first-order valence-electron chi connectivity index (χ1n) is 6.66. The summed E-state index contributed by atoms with van der Waals surface area (Å²) in [5.41, 5.74) is 0.631. The van der Waals surface area contributed by atoms with E-state index in [2.05, 4.69) is 5.32 Å². The van der Waals surface area contributed by atoms with Gasteiger partial charge in [-0.15, -0.1) is 0 Å². The molecule has 0 aliphatic heterocycles. The van der Waals surface area contributed by atoms with Crippen molar-refractivity contribution in [3.8, 4) is 0 Å². The van der Waals surface area contributed by atoms with E-state index in [1.807, 2.05) is 0 Å². The van der Waals surface area contributed by atoms with E-state index in [4.69, 9.17) is 0 Å². The quantitative estimate of drug-likeness (QED) is 0.819. The van der Waals surface area contributed by atoms with Gasteiger partial charge in [0.1, 0.15) is 5.82 Å². The molecule has 0 saturated heterocycles. The topological polar surface area (TPSA) is 32.3 Å². The lowest BCUT2D eigenvalue weighted by molar-refractivity contribution is -0.135. The number of rotatable bonds is 6. The molecule has 1 saturated carbocycles. The number of amides is 1. The second-order valence-electron chi connectivity index (χ2n) is 5.10. The van der Waals surface area contributed by atoms with Crippen LogP contribution in [0.2, 0.25) is 0 Å². The molecule has 21 heavy (non-hydrogen) atoms. The standard InChI is InChI=1S/C14H16F4N2O/c15-11-3-1-2-10(6-11)8-20(12-4-5-12)13(21)7-19-9-14(16,17)18/h1-3,6,12,19H,4-5,7-9H2. The van der Waals surface area contributed by atoms with Gasteiger partial charge in [-0.25, -0.2) is 4.39 Å². The van der Waals surface area contributed by atoms with Crippen molar-refractivity contribution < 1.29 is 22.4 Å². The summed E-state index contributed by atoms with van der Waals surface area (Å²) in [5, 5.41) is 2.10. The zero-order chi connectivity index (χ0) is 15.5. The van der Waals surface area contributed by atoms with Crippen LogP contribution in [0.15, 0.2) is 24.3 Å². The summed E-state index contributed by atoms with van der Waals surface area (Å²) in [6, 6.07) is 5.91. The minimum Gasteiger partial charge on any atom is -0.334 e. The highest BCUT2D eigenvalue weighted by Gasteiger charge is 2.33. The van der Waals surface area contributed by atoms with Crippen molar-refractivity contribution in [3.63, 3.8) is 0 Å². The summed E-state index contributed by atoms with van der Waals surface area (Å²) >= 11 is 0. The van der Waals surface area contributed by atoms with Gasteiger partial charge in [-0.3, -0.25) is 4.79 Å². The molecule has 116 valence electrons. The lowest BCUT2D eigenvalue weighted by atomic mass is 10.2. The van der Waals surface area contributed by atoms with Crippen LogP contribution in [0.5, 0.6) is 0 Å². The minimum absolute atomic E-state index is 0.0495. The molecule has 0 radical (unpaired) electrons. The summed E-state index contributed by atoms with van der Waals surface area (Å²) in [5.74, 6) is -0.795. The molecule has 2 rings (SSSR count). The first-order chi connectivity index (χ1) is 9.85. The van der Waals surface area contributed by atoms with Crippen LogP contribution in [0.3, 0.4) is 0 Å². The Kier molecular flexibility index (Phi) is 4.82. The summed E-state index contributed by atoms with van der Waals surface area (Å²) < 4.78 is 49.2. The molecule has 0 aromatic heterocycles. The highest BCUT2D eigenvalue weighted by molar-refractivity contribution is 5.79. The van der Waals surface area contributed by atoms with Gasteiger partial charge in [-0.2, -0.15) is 13.2 Å². The van der Waals surface area contributed by atoms with Crippen LogP contribution in [0, 0.1) is 5.82 Å². The molecule has 1 aromatic rings. The zero-order valence-electron chi connectivity index (χ0n) is 11.3. The van der Waals surface area contributed by atoms with Crippen molar-refractivity contribution in [2.45, 2.75) is 31.6 Å². The summed E-state index contributed by atoms with van der Waals surface area (Å²) in [6.45, 7) is -1.35. The Morgan fingerprint density at radius 1 is 1.33 bits per heavy atom. The third-order valence-corrected chi connectivity index (χ3v) is 3.15. The number of hydrogen-bond donors (Lipinski definition) is 1. The Morgan fingerprint density at radius 3 is 2.62 bits per heavy atom. The Morgan fingerprint density at radius 2 is 2.05 bits per heavy atom. The molecule has 0 heterocycles. The van der Waals surface area contributed by atoms with Gasteiger partial charge in [0.2, 0.25) is 5.91 Å². The molecular weight excluding hydrogens is 288 g/mol. The Labute approximate surface area is 119 Å². The van der Waals surface area contributed by atoms with Crippen LogP contribution < -0.4 is 5.32 Å². The molecule has 1 aromatic carbocycles. The largest absolute Gasteiger partial charge is 0.401 e. The Hall–Kier alpha value is -1.63. The van der Waals surface area contributed by atoms with E-state index in [-0.39, 0.29) is 19.1 Å². The molecule has 0 bridgehead atoms. The fourth-order valence-electron chi connectivity index (χ4n) is 2.05. The average molecular weight is 304 g/mol. The van der Waals surface area contributed by atoms with Crippen molar-refractivity contribution >= 4 is 5.91 Å². The van der Waals surface area contributed by atoms with Crippen molar-refractivity contribution in [1.29, 1.82) is 0 Å². The van der Waals surface area contributed by atoms with Gasteiger partial charge in [0.25, 0.3) is 0 Å². The maximum absolute atomic E-state index is 13.1. The molecule has 1 aliphatic rings. The number of nitrogens with one attached hydrogen (secondary N) is 1. The van der Waals surface area contributed by atoms with Crippen LogP contribution >= 0.6 is 0 Å². The van der Waals surface area contributed by atoms with Gasteiger partial charge >= 0.3 is 6.18 Å². The number of nitrogens with zero attached hydrogens (tertiary/aromatic N) is 1. The third kappa shape index (κ3) is 5.34. The number of halogens is 4. The lowest BCUT2D eigenvalue weighted by Gasteiger charge is -2.23. The van der Waals surface area contributed by atoms with Crippen LogP contribution in [0.4, 0.5) is 17.6 Å². The van der Waals surface area contributed by atoms with Gasteiger partial charge < -0.3 is 10.2 Å². The highest BCUT2D eigenvalue weighted by atomic mass is 19.4. The van der Waals surface area contributed by atoms with Crippen molar-refractivity contribution in [2.24, 2.45) is 0 Å². The monoisotopic (exact) mass is 304 g/mol. The fourth-order valence-corrected chi connectivity index (χ4v) is 2.05. The smallest absolute Gasteiger partial charge is 0.334 e. The number of carbonyl (C=O) groups is 1. The normalized spacial score (nSPS) is 15.0. The van der Waals surface area contributed by atoms with E-state index in [1.54, 1.807) is 12.1 Å². The fraction of sp³-hybridized carbons (Fsp3) is 0.500. The summed E-state index contributed by atoms with van der Waals surface area (Å²) in [7, 11) is 0. The van der Waals surface area contributed by atoms with Crippen LogP contribution in [-0.4, -0.2) is 36.1 Å². The first kappa shape index (κ1) is 15.8. The molecule has 0 unspecified atom stereocenters. The van der Waals surface area contributed by atoms with Gasteiger partial charge in [0.05, 0.1) is 13.1 Å². The van der Waals surface area contributed by atoms with Gasteiger partial charge in [0, 0.05) is 12.6 Å². The van der Waals surface area contributed by atoms with Gasteiger partial charge in [-0.05, 0) is 30.5 Å². The molecule has 0 spiro atoms. The highest BCUT2D eigenvalue weighted by Crippen LogP contribution is 2.28. The van der Waals surface area contributed by atoms with E-state index < -0.39 is 24.4 Å². The maximum Gasteiger partial charge on any atom is 0.401 e. The predicted molar refractivity (Wildman–Crippen MR) is 68.9 cm³/mol. The van der Waals surface area contributed by atoms with E-state index in [9.17, 15) is 22.4 Å². The van der Waals surface area contributed by atoms with E-state index >= 15 is 0 Å². The first-order valence-corrected chi connectivity index (χ1v) is 6.66.